The third-order valence-corrected chi connectivity index (χ3v) is 3.62. The average Bonchev–Trinajstić information content (AvgIpc) is 2.84. The fraction of sp³-hybridized carbons (Fsp3) is 0.188. The Kier molecular flexibility index (Phi) is 3.38. The summed E-state index contributed by atoms with van der Waals surface area (Å²) in [5.41, 5.74) is 6.39. The number of hydrazone groups is 1. The number of aromatic nitrogens is 1. The number of hydrogen-bond acceptors (Lipinski definition) is 5. The number of nitrogens with zero attached hydrogens (tertiary/aromatic N) is 3. The van der Waals surface area contributed by atoms with Crippen LogP contribution >= 0.6 is 0 Å². The number of nitrogens with two attached hydrogens (primary N) is 1. The molecule has 0 radical (unpaired) electrons. The summed E-state index contributed by atoms with van der Waals surface area (Å²) in [5, 5.41) is 16.4. The minimum Gasteiger partial charge on any atom is -0.399 e. The lowest BCUT2D eigenvalue weighted by Crippen LogP contribution is -2.43. The summed E-state index contributed by atoms with van der Waals surface area (Å²) in [4.78, 5) is 16.6. The Balaban J connectivity index is 2.00. The number of carbonyl (C=O) groups excluding carboxylic acids is 1. The van der Waals surface area contributed by atoms with Crippen molar-refractivity contribution in [2.75, 3.05) is 5.73 Å². The van der Waals surface area contributed by atoms with Crippen LogP contribution in [-0.2, 0) is 5.72 Å². The van der Waals surface area contributed by atoms with Gasteiger partial charge in [-0.25, -0.2) is 0 Å². The topological polar surface area (TPSA) is 91.8 Å². The first kappa shape index (κ1) is 14.2. The molecule has 0 saturated carbocycles. The Hall–Kier alpha value is -2.73. The predicted molar refractivity (Wildman–Crippen MR) is 82.9 cm³/mol. The van der Waals surface area contributed by atoms with Crippen molar-refractivity contribution in [3.63, 3.8) is 0 Å². The molecule has 3 N–H and O–H groups in total. The quantitative estimate of drug-likeness (QED) is 0.826. The van der Waals surface area contributed by atoms with Crippen molar-refractivity contribution < 1.29 is 9.90 Å². The molecule has 1 aliphatic heterocycles. The Morgan fingerprint density at radius 1 is 1.23 bits per heavy atom. The zero-order valence-corrected chi connectivity index (χ0v) is 12.1. The van der Waals surface area contributed by atoms with Crippen LogP contribution in [0.1, 0.15) is 29.3 Å². The second kappa shape index (κ2) is 5.23. The fourth-order valence-electron chi connectivity index (χ4n) is 2.52. The highest BCUT2D eigenvalue weighted by Crippen LogP contribution is 2.36. The van der Waals surface area contributed by atoms with E-state index in [9.17, 15) is 9.90 Å². The van der Waals surface area contributed by atoms with Gasteiger partial charge < -0.3 is 10.8 Å². The monoisotopic (exact) mass is 296 g/mol. The van der Waals surface area contributed by atoms with Gasteiger partial charge in [-0.05, 0) is 43.3 Å². The van der Waals surface area contributed by atoms with E-state index >= 15 is 0 Å². The molecule has 6 nitrogen and oxygen atoms in total. The molecule has 2 heterocycles. The summed E-state index contributed by atoms with van der Waals surface area (Å²) in [5.74, 6) is -0.379. The van der Waals surface area contributed by atoms with Gasteiger partial charge in [-0.1, -0.05) is 0 Å². The molecule has 3 rings (SSSR count). The van der Waals surface area contributed by atoms with Gasteiger partial charge >= 0.3 is 0 Å². The molecule has 2 aromatic rings. The van der Waals surface area contributed by atoms with Gasteiger partial charge in [-0.3, -0.25) is 9.78 Å². The lowest BCUT2D eigenvalue weighted by atomic mass is 9.98. The summed E-state index contributed by atoms with van der Waals surface area (Å²) >= 11 is 0. The van der Waals surface area contributed by atoms with Crippen molar-refractivity contribution in [1.82, 2.24) is 9.99 Å². The minimum atomic E-state index is -1.49. The van der Waals surface area contributed by atoms with Crippen molar-refractivity contribution in [3.05, 3.63) is 59.9 Å². The molecule has 1 aliphatic rings. The molecule has 1 amide bonds. The maximum absolute atomic E-state index is 12.7. The normalized spacial score (nSPS) is 20.8. The lowest BCUT2D eigenvalue weighted by Gasteiger charge is -2.31. The fourth-order valence-corrected chi connectivity index (χ4v) is 2.52. The highest BCUT2D eigenvalue weighted by molar-refractivity contribution is 5.98. The van der Waals surface area contributed by atoms with Crippen LogP contribution in [0, 0.1) is 0 Å². The first-order valence-electron chi connectivity index (χ1n) is 6.88. The third-order valence-electron chi connectivity index (χ3n) is 3.62. The summed E-state index contributed by atoms with van der Waals surface area (Å²) in [6, 6.07) is 9.88. The molecule has 0 aliphatic carbocycles. The van der Waals surface area contributed by atoms with Crippen LogP contribution < -0.4 is 5.73 Å². The first-order chi connectivity index (χ1) is 10.5. The van der Waals surface area contributed by atoms with E-state index in [-0.39, 0.29) is 12.3 Å². The van der Waals surface area contributed by atoms with Crippen molar-refractivity contribution in [2.45, 2.75) is 19.1 Å². The Morgan fingerprint density at radius 2 is 1.86 bits per heavy atom. The number of amides is 1. The van der Waals surface area contributed by atoms with Crippen molar-refractivity contribution >= 4 is 17.3 Å². The number of hydrogen-bond donors (Lipinski definition) is 2. The van der Waals surface area contributed by atoms with E-state index in [0.29, 0.717) is 22.5 Å². The van der Waals surface area contributed by atoms with E-state index in [1.54, 1.807) is 55.7 Å². The molecular weight excluding hydrogens is 280 g/mol. The number of carbonyl (C=O) groups is 1. The standard InChI is InChI=1S/C16H16N4O2/c1-11-10-16(22,13-6-8-18-9-7-13)20(19-11)15(21)12-2-4-14(17)5-3-12/h2-9,22H,10,17H2,1H3/t16-/m1/s1. The van der Waals surface area contributed by atoms with Gasteiger partial charge in [0.05, 0.1) is 0 Å². The zero-order chi connectivity index (χ0) is 15.7. The van der Waals surface area contributed by atoms with Crippen LogP contribution in [0.3, 0.4) is 0 Å². The minimum absolute atomic E-state index is 0.262. The van der Waals surface area contributed by atoms with E-state index < -0.39 is 5.72 Å². The highest BCUT2D eigenvalue weighted by Gasteiger charge is 2.45. The molecule has 0 saturated heterocycles. The molecule has 1 aromatic carbocycles. The van der Waals surface area contributed by atoms with Gasteiger partial charge in [0.2, 0.25) is 0 Å². The van der Waals surface area contributed by atoms with Gasteiger partial charge in [-0.15, -0.1) is 0 Å². The maximum atomic E-state index is 12.7. The van der Waals surface area contributed by atoms with E-state index in [0.717, 1.165) is 5.01 Å². The molecule has 6 heteroatoms. The lowest BCUT2D eigenvalue weighted by molar-refractivity contribution is -0.0765. The van der Waals surface area contributed by atoms with E-state index in [4.69, 9.17) is 5.73 Å². The van der Waals surface area contributed by atoms with Crippen molar-refractivity contribution in [1.29, 1.82) is 0 Å². The molecule has 22 heavy (non-hydrogen) atoms. The zero-order valence-electron chi connectivity index (χ0n) is 12.1. The molecule has 0 unspecified atom stereocenters. The van der Waals surface area contributed by atoms with Gasteiger partial charge in [0.15, 0.2) is 5.72 Å². The molecular formula is C16H16N4O2. The smallest absolute Gasteiger partial charge is 0.276 e. The van der Waals surface area contributed by atoms with Gasteiger partial charge in [0, 0.05) is 41.3 Å². The van der Waals surface area contributed by atoms with Crippen LogP contribution in [0.2, 0.25) is 0 Å². The largest absolute Gasteiger partial charge is 0.399 e. The Morgan fingerprint density at radius 3 is 2.50 bits per heavy atom. The van der Waals surface area contributed by atoms with Crippen LogP contribution in [0.25, 0.3) is 0 Å². The van der Waals surface area contributed by atoms with Crippen molar-refractivity contribution in [2.24, 2.45) is 5.10 Å². The number of nitrogen functional groups attached to an aromatic ring is 1. The molecule has 0 spiro atoms. The second-order valence-electron chi connectivity index (χ2n) is 5.30. The van der Waals surface area contributed by atoms with Gasteiger partial charge in [0.25, 0.3) is 5.91 Å². The van der Waals surface area contributed by atoms with Crippen LogP contribution in [0.5, 0.6) is 0 Å². The number of anilines is 1. The SMILES string of the molecule is CC1=NN(C(=O)c2ccc(N)cc2)[C@](O)(c2ccncc2)C1. The predicted octanol–water partition coefficient (Wildman–Crippen LogP) is 1.73. The maximum Gasteiger partial charge on any atom is 0.276 e. The van der Waals surface area contributed by atoms with E-state index in [1.807, 2.05) is 0 Å². The number of rotatable bonds is 2. The summed E-state index contributed by atoms with van der Waals surface area (Å²) in [6.07, 6.45) is 3.41. The summed E-state index contributed by atoms with van der Waals surface area (Å²) < 4.78 is 0. The Bertz CT molecular complexity index is 728. The van der Waals surface area contributed by atoms with Crippen LogP contribution in [0.15, 0.2) is 53.9 Å². The highest BCUT2D eigenvalue weighted by atomic mass is 16.3. The van der Waals surface area contributed by atoms with E-state index in [1.165, 1.54) is 0 Å². The molecule has 112 valence electrons. The third kappa shape index (κ3) is 2.33. The summed E-state index contributed by atoms with van der Waals surface area (Å²) in [7, 11) is 0. The van der Waals surface area contributed by atoms with Crippen LogP contribution in [0.4, 0.5) is 5.69 Å². The number of benzene rings is 1. The summed E-state index contributed by atoms with van der Waals surface area (Å²) in [6.45, 7) is 1.78. The second-order valence-corrected chi connectivity index (χ2v) is 5.30. The van der Waals surface area contributed by atoms with E-state index in [2.05, 4.69) is 10.1 Å². The Labute approximate surface area is 127 Å². The molecule has 1 atom stereocenters. The first-order valence-corrected chi connectivity index (χ1v) is 6.88. The average molecular weight is 296 g/mol. The number of aliphatic hydroxyl groups is 1. The molecule has 0 bridgehead atoms. The van der Waals surface area contributed by atoms with Crippen LogP contribution in [-0.4, -0.2) is 26.7 Å². The molecule has 1 aromatic heterocycles. The van der Waals surface area contributed by atoms with Crippen molar-refractivity contribution in [3.8, 4) is 0 Å². The molecule has 0 fully saturated rings. The van der Waals surface area contributed by atoms with Gasteiger partial charge in [-0.2, -0.15) is 10.1 Å². The van der Waals surface area contributed by atoms with Gasteiger partial charge in [0.1, 0.15) is 0 Å². The number of pyridine rings is 1.